The smallest absolute Gasteiger partial charge is 0.306 e. The highest BCUT2D eigenvalue weighted by Gasteiger charge is 2.38. The van der Waals surface area contributed by atoms with E-state index in [-0.39, 0.29) is 23.9 Å². The molecule has 1 heterocycles. The predicted molar refractivity (Wildman–Crippen MR) is 49.8 cm³/mol. The molecule has 2 unspecified atom stereocenters. The maximum Gasteiger partial charge on any atom is 0.306 e. The molecule has 0 spiro atoms. The summed E-state index contributed by atoms with van der Waals surface area (Å²) in [5, 5.41) is 8.59. The number of ether oxygens (including phenoxy) is 1. The molecule has 0 radical (unpaired) electrons. The van der Waals surface area contributed by atoms with Crippen LogP contribution in [0.4, 0.5) is 0 Å². The lowest BCUT2D eigenvalue weighted by molar-refractivity contribution is -0.164. The van der Waals surface area contributed by atoms with E-state index in [1.54, 1.807) is 0 Å². The zero-order chi connectivity index (χ0) is 10.8. The minimum atomic E-state index is -0.796. The monoisotopic (exact) mass is 200 g/mol. The molecule has 1 saturated heterocycles. The Morgan fingerprint density at radius 1 is 1.71 bits per heavy atom. The Morgan fingerprint density at radius 3 is 2.86 bits per heavy atom. The van der Waals surface area contributed by atoms with Gasteiger partial charge in [0.25, 0.3) is 0 Å². The van der Waals surface area contributed by atoms with Gasteiger partial charge in [-0.1, -0.05) is 6.92 Å². The molecule has 1 aliphatic rings. The van der Waals surface area contributed by atoms with Gasteiger partial charge in [0.1, 0.15) is 6.10 Å². The molecule has 80 valence electrons. The van der Waals surface area contributed by atoms with Crippen LogP contribution in [0, 0.1) is 5.41 Å². The van der Waals surface area contributed by atoms with Gasteiger partial charge in [-0.05, 0) is 19.8 Å². The molecule has 0 bridgehead atoms. The van der Waals surface area contributed by atoms with E-state index in [1.165, 1.54) is 0 Å². The van der Waals surface area contributed by atoms with E-state index in [4.69, 9.17) is 9.84 Å². The number of carbonyl (C=O) groups excluding carboxylic acids is 1. The first-order valence-electron chi connectivity index (χ1n) is 4.85. The van der Waals surface area contributed by atoms with Gasteiger partial charge in [-0.2, -0.15) is 0 Å². The SMILES string of the molecule is CC1OC(=O)CCC1(C)CCC(=O)O. The largest absolute Gasteiger partial charge is 0.481 e. The number of hydrogen-bond acceptors (Lipinski definition) is 3. The lowest BCUT2D eigenvalue weighted by Gasteiger charge is -2.38. The van der Waals surface area contributed by atoms with Gasteiger partial charge in [0.15, 0.2) is 0 Å². The van der Waals surface area contributed by atoms with Crippen LogP contribution in [0.5, 0.6) is 0 Å². The van der Waals surface area contributed by atoms with Crippen LogP contribution in [-0.2, 0) is 14.3 Å². The fourth-order valence-corrected chi connectivity index (χ4v) is 1.71. The first kappa shape index (κ1) is 11.0. The van der Waals surface area contributed by atoms with E-state index in [9.17, 15) is 9.59 Å². The molecule has 4 heteroatoms. The third-order valence-electron chi connectivity index (χ3n) is 3.10. The Kier molecular flexibility index (Phi) is 3.13. The highest BCUT2D eigenvalue weighted by Crippen LogP contribution is 2.38. The van der Waals surface area contributed by atoms with Crippen LogP contribution >= 0.6 is 0 Å². The summed E-state index contributed by atoms with van der Waals surface area (Å²) >= 11 is 0. The van der Waals surface area contributed by atoms with Gasteiger partial charge in [-0.3, -0.25) is 9.59 Å². The molecule has 1 aliphatic heterocycles. The lowest BCUT2D eigenvalue weighted by Crippen LogP contribution is -2.39. The normalized spacial score (nSPS) is 32.4. The van der Waals surface area contributed by atoms with E-state index in [1.807, 2.05) is 13.8 Å². The summed E-state index contributed by atoms with van der Waals surface area (Å²) in [6.45, 7) is 3.81. The topological polar surface area (TPSA) is 63.6 Å². The van der Waals surface area contributed by atoms with Crippen molar-refractivity contribution in [1.82, 2.24) is 0 Å². The molecule has 1 rings (SSSR count). The number of aliphatic carboxylic acids is 1. The quantitative estimate of drug-likeness (QED) is 0.702. The maximum atomic E-state index is 11.0. The summed E-state index contributed by atoms with van der Waals surface area (Å²) in [4.78, 5) is 21.4. The first-order chi connectivity index (χ1) is 6.44. The van der Waals surface area contributed by atoms with E-state index >= 15 is 0 Å². The second kappa shape index (κ2) is 3.98. The van der Waals surface area contributed by atoms with Crippen LogP contribution in [0.2, 0.25) is 0 Å². The molecule has 0 aromatic heterocycles. The fraction of sp³-hybridized carbons (Fsp3) is 0.800. The molecule has 14 heavy (non-hydrogen) atoms. The standard InChI is InChI=1S/C10H16O4/c1-7-10(2,5-3-8(11)12)6-4-9(13)14-7/h7H,3-6H2,1-2H3,(H,11,12). The predicted octanol–water partition coefficient (Wildman–Crippen LogP) is 1.58. The van der Waals surface area contributed by atoms with Crippen molar-refractivity contribution < 1.29 is 19.4 Å². The Morgan fingerprint density at radius 2 is 2.36 bits per heavy atom. The van der Waals surface area contributed by atoms with Gasteiger partial charge in [0.05, 0.1) is 0 Å². The van der Waals surface area contributed by atoms with Gasteiger partial charge in [-0.25, -0.2) is 0 Å². The number of carbonyl (C=O) groups is 2. The van der Waals surface area contributed by atoms with E-state index < -0.39 is 5.97 Å². The van der Waals surface area contributed by atoms with Gasteiger partial charge in [0, 0.05) is 18.3 Å². The van der Waals surface area contributed by atoms with Gasteiger partial charge in [0.2, 0.25) is 0 Å². The van der Waals surface area contributed by atoms with Crippen molar-refractivity contribution >= 4 is 11.9 Å². The lowest BCUT2D eigenvalue weighted by atomic mass is 9.75. The highest BCUT2D eigenvalue weighted by molar-refractivity contribution is 5.70. The molecular weight excluding hydrogens is 184 g/mol. The van der Waals surface area contributed by atoms with Crippen molar-refractivity contribution in [3.05, 3.63) is 0 Å². The molecule has 1 N–H and O–H groups in total. The summed E-state index contributed by atoms with van der Waals surface area (Å²) in [5.74, 6) is -0.972. The van der Waals surface area contributed by atoms with E-state index in [0.717, 1.165) is 6.42 Å². The van der Waals surface area contributed by atoms with Crippen LogP contribution in [0.1, 0.15) is 39.5 Å². The highest BCUT2D eigenvalue weighted by atomic mass is 16.5. The molecule has 4 nitrogen and oxygen atoms in total. The Hall–Kier alpha value is -1.06. The fourth-order valence-electron chi connectivity index (χ4n) is 1.71. The molecule has 1 fully saturated rings. The van der Waals surface area contributed by atoms with Crippen molar-refractivity contribution in [3.63, 3.8) is 0 Å². The van der Waals surface area contributed by atoms with Gasteiger partial charge in [-0.15, -0.1) is 0 Å². The molecule has 0 aromatic carbocycles. The Labute approximate surface area is 83.2 Å². The summed E-state index contributed by atoms with van der Waals surface area (Å²) in [6, 6.07) is 0. The summed E-state index contributed by atoms with van der Waals surface area (Å²) < 4.78 is 5.10. The molecular formula is C10H16O4. The number of carboxylic acid groups (broad SMARTS) is 1. The van der Waals surface area contributed by atoms with Crippen LogP contribution in [0.25, 0.3) is 0 Å². The second-order valence-electron chi connectivity index (χ2n) is 4.18. The third kappa shape index (κ3) is 2.47. The minimum absolute atomic E-state index is 0.137. The molecule has 0 aromatic rings. The van der Waals surface area contributed by atoms with Crippen molar-refractivity contribution in [2.75, 3.05) is 0 Å². The summed E-state index contributed by atoms with van der Waals surface area (Å²) in [6.07, 6.45) is 1.65. The number of esters is 1. The number of hydrogen-bond donors (Lipinski definition) is 1. The van der Waals surface area contributed by atoms with Crippen molar-refractivity contribution in [2.45, 2.75) is 45.6 Å². The molecule has 0 saturated carbocycles. The number of rotatable bonds is 3. The number of cyclic esters (lactones) is 1. The van der Waals surface area contributed by atoms with Gasteiger partial charge >= 0.3 is 11.9 Å². The average molecular weight is 200 g/mol. The Bertz CT molecular complexity index is 249. The van der Waals surface area contributed by atoms with E-state index in [0.29, 0.717) is 12.8 Å². The summed E-state index contributed by atoms with van der Waals surface area (Å²) in [5.41, 5.74) is -0.174. The van der Waals surface area contributed by atoms with E-state index in [2.05, 4.69) is 0 Å². The maximum absolute atomic E-state index is 11.0. The Balaban J connectivity index is 2.54. The van der Waals surface area contributed by atoms with Crippen molar-refractivity contribution in [2.24, 2.45) is 5.41 Å². The molecule has 2 atom stereocenters. The van der Waals surface area contributed by atoms with Crippen LogP contribution in [0.15, 0.2) is 0 Å². The average Bonchev–Trinajstić information content (AvgIpc) is 2.09. The molecule has 0 aliphatic carbocycles. The van der Waals surface area contributed by atoms with Gasteiger partial charge < -0.3 is 9.84 Å². The third-order valence-corrected chi connectivity index (χ3v) is 3.10. The van der Waals surface area contributed by atoms with Crippen molar-refractivity contribution in [3.8, 4) is 0 Å². The van der Waals surface area contributed by atoms with Crippen LogP contribution < -0.4 is 0 Å². The van der Waals surface area contributed by atoms with Crippen LogP contribution in [-0.4, -0.2) is 23.1 Å². The van der Waals surface area contributed by atoms with Crippen molar-refractivity contribution in [1.29, 1.82) is 0 Å². The minimum Gasteiger partial charge on any atom is -0.481 e. The zero-order valence-corrected chi connectivity index (χ0v) is 8.58. The van der Waals surface area contributed by atoms with Crippen LogP contribution in [0.3, 0.4) is 0 Å². The first-order valence-corrected chi connectivity index (χ1v) is 4.85. The molecule has 0 amide bonds. The summed E-state index contributed by atoms with van der Waals surface area (Å²) in [7, 11) is 0. The second-order valence-corrected chi connectivity index (χ2v) is 4.18. The number of carboxylic acids is 1. The zero-order valence-electron chi connectivity index (χ0n) is 8.58.